The van der Waals surface area contributed by atoms with Crippen molar-refractivity contribution in [1.82, 2.24) is 0 Å². The minimum atomic E-state index is 0.0701. The summed E-state index contributed by atoms with van der Waals surface area (Å²) in [7, 11) is 1.90. The molecule has 0 amide bonds. The summed E-state index contributed by atoms with van der Waals surface area (Å²) in [6.07, 6.45) is 16.4. The standard InChI is InChI=1S/C20H39OSi/c1-3-4-5-15-22-16-12-20(13-17-22)19-10-8-18(9-11-19)7-6-14-21-2/h18-20H,3-17H2,1-2H3. The van der Waals surface area contributed by atoms with Crippen LogP contribution in [0.15, 0.2) is 0 Å². The number of unbranched alkanes of at least 4 members (excludes halogenated alkanes) is 2. The van der Waals surface area contributed by atoms with Crippen LogP contribution in [-0.2, 0) is 4.74 Å². The highest BCUT2D eigenvalue weighted by molar-refractivity contribution is 6.58. The Hall–Kier alpha value is 0.177. The molecule has 22 heavy (non-hydrogen) atoms. The molecule has 0 aromatic carbocycles. The number of hydrogen-bond acceptors (Lipinski definition) is 1. The lowest BCUT2D eigenvalue weighted by Gasteiger charge is -2.37. The van der Waals surface area contributed by atoms with Gasteiger partial charge in [0.05, 0.1) is 0 Å². The predicted octanol–water partition coefficient (Wildman–Crippen LogP) is 6.31. The van der Waals surface area contributed by atoms with Gasteiger partial charge in [-0.3, -0.25) is 0 Å². The van der Waals surface area contributed by atoms with Crippen LogP contribution in [0.2, 0.25) is 18.1 Å². The molecule has 1 nitrogen and oxygen atoms in total. The summed E-state index contributed by atoms with van der Waals surface area (Å²) in [5.74, 6) is 3.22. The summed E-state index contributed by atoms with van der Waals surface area (Å²) < 4.78 is 5.20. The van der Waals surface area contributed by atoms with Gasteiger partial charge in [0, 0.05) is 22.5 Å². The topological polar surface area (TPSA) is 9.23 Å². The van der Waals surface area contributed by atoms with Gasteiger partial charge in [0.2, 0.25) is 0 Å². The van der Waals surface area contributed by atoms with E-state index in [1.165, 1.54) is 44.9 Å². The maximum Gasteiger partial charge on any atom is 0.0479 e. The molecule has 1 saturated heterocycles. The van der Waals surface area contributed by atoms with Crippen molar-refractivity contribution in [3.05, 3.63) is 0 Å². The molecule has 0 atom stereocenters. The first-order valence-electron chi connectivity index (χ1n) is 10.2. The van der Waals surface area contributed by atoms with Crippen LogP contribution in [0.3, 0.4) is 0 Å². The second-order valence-electron chi connectivity index (χ2n) is 7.96. The number of methoxy groups -OCH3 is 1. The van der Waals surface area contributed by atoms with Crippen LogP contribution >= 0.6 is 0 Å². The Morgan fingerprint density at radius 3 is 2.18 bits per heavy atom. The summed E-state index contributed by atoms with van der Waals surface area (Å²) in [6, 6.07) is 4.91. The molecule has 1 aliphatic heterocycles. The molecule has 0 unspecified atom stereocenters. The molecule has 2 aliphatic rings. The van der Waals surface area contributed by atoms with Crippen LogP contribution in [0.1, 0.15) is 77.6 Å². The lowest BCUT2D eigenvalue weighted by molar-refractivity contribution is 0.160. The zero-order valence-electron chi connectivity index (χ0n) is 15.2. The smallest absolute Gasteiger partial charge is 0.0479 e. The molecule has 1 aliphatic carbocycles. The molecule has 0 N–H and O–H groups in total. The first-order valence-corrected chi connectivity index (χ1v) is 12.3. The van der Waals surface area contributed by atoms with E-state index < -0.39 is 0 Å². The highest BCUT2D eigenvalue weighted by atomic mass is 28.3. The molecule has 2 fully saturated rings. The zero-order chi connectivity index (χ0) is 15.6. The third kappa shape index (κ3) is 6.35. The highest BCUT2D eigenvalue weighted by Gasteiger charge is 2.30. The van der Waals surface area contributed by atoms with E-state index in [1.54, 1.807) is 43.8 Å². The van der Waals surface area contributed by atoms with Crippen LogP contribution in [0.25, 0.3) is 0 Å². The van der Waals surface area contributed by atoms with Crippen molar-refractivity contribution in [2.45, 2.75) is 95.7 Å². The molecule has 2 heteroatoms. The van der Waals surface area contributed by atoms with Crippen LogP contribution in [0, 0.1) is 17.8 Å². The van der Waals surface area contributed by atoms with Crippen molar-refractivity contribution in [2.75, 3.05) is 13.7 Å². The Morgan fingerprint density at radius 2 is 1.55 bits per heavy atom. The lowest BCUT2D eigenvalue weighted by atomic mass is 9.73. The molecule has 1 heterocycles. The van der Waals surface area contributed by atoms with E-state index in [0.29, 0.717) is 0 Å². The van der Waals surface area contributed by atoms with Gasteiger partial charge < -0.3 is 4.74 Å². The third-order valence-electron chi connectivity index (χ3n) is 6.39. The predicted molar refractivity (Wildman–Crippen MR) is 99.0 cm³/mol. The quantitative estimate of drug-likeness (QED) is 0.356. The first kappa shape index (κ1) is 18.5. The maximum atomic E-state index is 5.20. The molecule has 0 aromatic rings. The van der Waals surface area contributed by atoms with Crippen molar-refractivity contribution in [3.63, 3.8) is 0 Å². The van der Waals surface area contributed by atoms with E-state index in [0.717, 1.165) is 24.4 Å². The van der Waals surface area contributed by atoms with E-state index in [2.05, 4.69) is 6.92 Å². The van der Waals surface area contributed by atoms with E-state index in [1.807, 2.05) is 7.11 Å². The summed E-state index contributed by atoms with van der Waals surface area (Å²) in [5, 5.41) is 0. The number of rotatable bonds is 9. The molecular weight excluding hydrogens is 284 g/mol. The fourth-order valence-electron chi connectivity index (χ4n) is 4.86. The Labute approximate surface area is 141 Å². The third-order valence-corrected chi connectivity index (χ3v) is 9.44. The fraction of sp³-hybridized carbons (Fsp3) is 1.00. The van der Waals surface area contributed by atoms with Crippen molar-refractivity contribution >= 4 is 8.80 Å². The molecule has 0 aromatic heterocycles. The zero-order valence-corrected chi connectivity index (χ0v) is 16.2. The molecule has 0 bridgehead atoms. The molecular formula is C20H39OSi. The molecule has 0 spiro atoms. The van der Waals surface area contributed by atoms with Crippen LogP contribution < -0.4 is 0 Å². The van der Waals surface area contributed by atoms with Crippen LogP contribution in [0.4, 0.5) is 0 Å². The molecule has 129 valence electrons. The monoisotopic (exact) mass is 323 g/mol. The van der Waals surface area contributed by atoms with Crippen LogP contribution in [0.5, 0.6) is 0 Å². The Balaban J connectivity index is 1.58. The van der Waals surface area contributed by atoms with Crippen LogP contribution in [-0.4, -0.2) is 22.5 Å². The first-order chi connectivity index (χ1) is 10.8. The summed E-state index contributed by atoms with van der Waals surface area (Å²) >= 11 is 0. The van der Waals surface area contributed by atoms with E-state index >= 15 is 0 Å². The van der Waals surface area contributed by atoms with Gasteiger partial charge in [-0.25, -0.2) is 0 Å². The van der Waals surface area contributed by atoms with Crippen molar-refractivity contribution < 1.29 is 4.74 Å². The van der Waals surface area contributed by atoms with Gasteiger partial charge in [-0.2, -0.15) is 0 Å². The summed E-state index contributed by atoms with van der Waals surface area (Å²) in [5.41, 5.74) is 0. The Morgan fingerprint density at radius 1 is 0.864 bits per heavy atom. The molecule has 1 radical (unpaired) electrons. The SMILES string of the molecule is CCCCC[Si]1CCC(C2CCC(CCCOC)CC2)CC1. The highest BCUT2D eigenvalue weighted by Crippen LogP contribution is 2.41. The second-order valence-corrected chi connectivity index (χ2v) is 11.0. The van der Waals surface area contributed by atoms with E-state index in [-0.39, 0.29) is 8.80 Å². The number of hydrogen-bond donors (Lipinski definition) is 0. The number of ether oxygens (including phenoxy) is 1. The average molecular weight is 324 g/mol. The fourth-order valence-corrected chi connectivity index (χ4v) is 7.92. The van der Waals surface area contributed by atoms with Gasteiger partial charge in [-0.1, -0.05) is 70.0 Å². The van der Waals surface area contributed by atoms with Gasteiger partial charge in [0.1, 0.15) is 0 Å². The average Bonchev–Trinajstić information content (AvgIpc) is 2.57. The summed E-state index contributed by atoms with van der Waals surface area (Å²) in [4.78, 5) is 0. The Bertz CT molecular complexity index is 237. The van der Waals surface area contributed by atoms with Crippen molar-refractivity contribution in [1.29, 1.82) is 0 Å². The van der Waals surface area contributed by atoms with Crippen molar-refractivity contribution in [3.8, 4) is 0 Å². The van der Waals surface area contributed by atoms with Gasteiger partial charge in [0.25, 0.3) is 0 Å². The lowest BCUT2D eigenvalue weighted by Crippen LogP contribution is -2.28. The summed E-state index contributed by atoms with van der Waals surface area (Å²) in [6.45, 7) is 3.30. The van der Waals surface area contributed by atoms with E-state index in [9.17, 15) is 0 Å². The molecule has 1 saturated carbocycles. The van der Waals surface area contributed by atoms with Gasteiger partial charge in [-0.05, 0) is 43.4 Å². The molecule has 2 rings (SSSR count). The minimum absolute atomic E-state index is 0.0701. The van der Waals surface area contributed by atoms with Gasteiger partial charge >= 0.3 is 0 Å². The second kappa shape index (κ2) is 10.9. The van der Waals surface area contributed by atoms with E-state index in [4.69, 9.17) is 4.74 Å². The normalized spacial score (nSPS) is 28.1. The van der Waals surface area contributed by atoms with Crippen molar-refractivity contribution in [2.24, 2.45) is 17.8 Å². The largest absolute Gasteiger partial charge is 0.385 e. The van der Waals surface area contributed by atoms with Gasteiger partial charge in [-0.15, -0.1) is 0 Å². The Kier molecular flexibility index (Phi) is 9.14. The minimum Gasteiger partial charge on any atom is -0.385 e. The van der Waals surface area contributed by atoms with Gasteiger partial charge in [0.15, 0.2) is 0 Å². The maximum absolute atomic E-state index is 5.20.